The van der Waals surface area contributed by atoms with E-state index in [-0.39, 0.29) is 24.1 Å². The highest BCUT2D eigenvalue weighted by Gasteiger charge is 2.24. The number of carbonyl (C=O) groups excluding carboxylic acids is 1. The molecule has 0 aliphatic rings. The third-order valence-electron chi connectivity index (χ3n) is 4.66. The summed E-state index contributed by atoms with van der Waals surface area (Å²) in [5.74, 6) is 1.16. The molecule has 1 aromatic heterocycles. The van der Waals surface area contributed by atoms with E-state index in [0.29, 0.717) is 22.2 Å². The second kappa shape index (κ2) is 11.1. The molecule has 6 nitrogen and oxygen atoms in total. The molecule has 2 rings (SSSR count). The van der Waals surface area contributed by atoms with Crippen LogP contribution in [0.2, 0.25) is 5.02 Å². The number of hydrogen-bond donors (Lipinski definition) is 2. The summed E-state index contributed by atoms with van der Waals surface area (Å²) in [6.07, 6.45) is 5.22. The Labute approximate surface area is 203 Å². The number of aliphatic hydroxyl groups is 1. The Morgan fingerprint density at radius 3 is 2.39 bits per heavy atom. The number of rotatable bonds is 9. The van der Waals surface area contributed by atoms with Crippen molar-refractivity contribution in [3.05, 3.63) is 45.6 Å². The van der Waals surface area contributed by atoms with E-state index < -0.39 is 13.2 Å². The molecule has 31 heavy (non-hydrogen) atoms. The molecule has 0 radical (unpaired) electrons. The van der Waals surface area contributed by atoms with Gasteiger partial charge in [-0.15, -0.1) is 0 Å². The molecule has 9 heteroatoms. The number of aromatic nitrogens is 1. The van der Waals surface area contributed by atoms with Gasteiger partial charge in [-0.2, -0.15) is 7.20 Å². The van der Waals surface area contributed by atoms with Crippen LogP contribution in [0.5, 0.6) is 11.6 Å². The van der Waals surface area contributed by atoms with Gasteiger partial charge in [-0.25, -0.2) is 9.78 Å². The summed E-state index contributed by atoms with van der Waals surface area (Å²) in [7, 11) is 0.576. The Hall–Kier alpha value is -1.23. The molecule has 0 amide bonds. The second-order valence-electron chi connectivity index (χ2n) is 7.87. The number of nitrogens with one attached hydrogen (secondary N) is 1. The van der Waals surface area contributed by atoms with Gasteiger partial charge in [0.15, 0.2) is 0 Å². The smallest absolute Gasteiger partial charge is 0.345 e. The number of aliphatic hydroxyl groups excluding tert-OH is 1. The molecular formula is C22H30ClIN2O4S. The number of methoxy groups -OCH3 is 1. The van der Waals surface area contributed by atoms with Crippen LogP contribution in [0.4, 0.5) is 5.69 Å². The molecule has 0 saturated carbocycles. The second-order valence-corrected chi connectivity index (χ2v) is 18.7. The van der Waals surface area contributed by atoms with Gasteiger partial charge in [0.25, 0.3) is 0 Å². The maximum Gasteiger partial charge on any atom is 0.345 e. The molecule has 0 spiro atoms. The van der Waals surface area contributed by atoms with E-state index in [1.54, 1.807) is 18.2 Å². The largest absolute Gasteiger partial charge is 0.465 e. The minimum atomic E-state index is -0.743. The van der Waals surface area contributed by atoms with Crippen LogP contribution in [-0.2, 0) is 4.74 Å². The summed E-state index contributed by atoms with van der Waals surface area (Å²) in [6.45, 7) is 5.54. The number of pyridine rings is 1. The van der Waals surface area contributed by atoms with Gasteiger partial charge in [0, 0.05) is 16.8 Å². The summed E-state index contributed by atoms with van der Waals surface area (Å²) in [4.78, 5) is 17.2. The molecule has 1 atom stereocenters. The summed E-state index contributed by atoms with van der Waals surface area (Å²) in [5.41, 5.74) is 3.06. The quantitative estimate of drug-likeness (QED) is 0.288. The Morgan fingerprint density at radius 2 is 1.87 bits per heavy atom. The zero-order chi connectivity index (χ0) is 23.3. The summed E-state index contributed by atoms with van der Waals surface area (Å²) < 4.78 is 11.2. The fourth-order valence-corrected chi connectivity index (χ4v) is 5.07. The monoisotopic (exact) mass is 580 g/mol. The molecule has 0 bridgehead atoms. The van der Waals surface area contributed by atoms with E-state index in [4.69, 9.17) is 21.1 Å². The molecule has 1 heterocycles. The minimum absolute atomic E-state index is 0.0558. The Bertz CT molecular complexity index is 927. The average Bonchev–Trinajstić information content (AvgIpc) is 2.66. The van der Waals surface area contributed by atoms with Crippen LogP contribution in [0.25, 0.3) is 0 Å². The van der Waals surface area contributed by atoms with E-state index in [0.717, 1.165) is 23.3 Å². The zero-order valence-corrected chi connectivity index (χ0v) is 22.4. The summed E-state index contributed by atoms with van der Waals surface area (Å²) in [6, 6.07) is 5.16. The number of anilines is 1. The first-order valence-electron chi connectivity index (χ1n) is 9.77. The van der Waals surface area contributed by atoms with Gasteiger partial charge in [-0.3, -0.25) is 0 Å². The number of halogens is 2. The normalized spacial score (nSPS) is 12.9. The predicted molar refractivity (Wildman–Crippen MR) is 139 cm³/mol. The number of hydrogen-bond acceptors (Lipinski definition) is 6. The fourth-order valence-electron chi connectivity index (χ4n) is 3.14. The summed E-state index contributed by atoms with van der Waals surface area (Å²) >= 11 is 8.61. The van der Waals surface area contributed by atoms with Crippen molar-refractivity contribution < 1.29 is 19.4 Å². The lowest BCUT2D eigenvalue weighted by Crippen LogP contribution is -2.27. The van der Waals surface area contributed by atoms with E-state index in [9.17, 15) is 9.90 Å². The molecule has 1 aromatic carbocycles. The van der Waals surface area contributed by atoms with Gasteiger partial charge in [0.1, 0.15) is 11.3 Å². The van der Waals surface area contributed by atoms with Gasteiger partial charge >= 0.3 is 5.97 Å². The number of benzene rings is 1. The molecule has 0 aliphatic carbocycles. The molecule has 2 N–H and O–H groups in total. The molecule has 0 aliphatic heterocycles. The average molecular weight is 581 g/mol. The Balaban J connectivity index is 2.48. The lowest BCUT2D eigenvalue weighted by atomic mass is 10.1. The van der Waals surface area contributed by atoms with Crippen molar-refractivity contribution in [3.8, 4) is 11.6 Å². The third kappa shape index (κ3) is 7.40. The fraction of sp³-hybridized carbons (Fsp3) is 0.455. The number of ether oxygens (including phenoxy) is 2. The summed E-state index contributed by atoms with van der Waals surface area (Å²) in [5, 5.41) is 13.8. The predicted octanol–water partition coefficient (Wildman–Crippen LogP) is 5.82. The van der Waals surface area contributed by atoms with Crippen molar-refractivity contribution in [2.24, 2.45) is 0 Å². The van der Waals surface area contributed by atoms with Crippen LogP contribution in [0.15, 0.2) is 18.2 Å². The molecule has 1 unspecified atom stereocenters. The Morgan fingerprint density at radius 1 is 1.26 bits per heavy atom. The van der Waals surface area contributed by atoms with Gasteiger partial charge in [-0.05, 0) is 96.0 Å². The van der Waals surface area contributed by atoms with Crippen molar-refractivity contribution in [3.63, 3.8) is 0 Å². The van der Waals surface area contributed by atoms with Crippen molar-refractivity contribution in [1.29, 1.82) is 0 Å². The highest BCUT2D eigenvalue weighted by atomic mass is 127. The van der Waals surface area contributed by atoms with Gasteiger partial charge in [-0.1, -0.05) is 11.6 Å². The van der Waals surface area contributed by atoms with Gasteiger partial charge in [0.2, 0.25) is 5.88 Å². The maximum absolute atomic E-state index is 12.7. The van der Waals surface area contributed by atoms with Crippen LogP contribution >= 0.6 is 40.0 Å². The minimum Gasteiger partial charge on any atom is -0.465 e. The van der Waals surface area contributed by atoms with Crippen molar-refractivity contribution >= 4 is 51.7 Å². The highest BCUT2D eigenvalue weighted by Crippen LogP contribution is 2.49. The lowest BCUT2D eigenvalue weighted by molar-refractivity contribution is 0.0598. The van der Waals surface area contributed by atoms with Crippen LogP contribution < -0.4 is 10.1 Å². The first-order valence-corrected chi connectivity index (χ1v) is 15.3. The van der Waals surface area contributed by atoms with Gasteiger partial charge < -0.3 is 19.9 Å². The van der Waals surface area contributed by atoms with Gasteiger partial charge in [0.05, 0.1) is 19.4 Å². The zero-order valence-electron chi connectivity index (χ0n) is 18.7. The Kier molecular flexibility index (Phi) is 9.29. The first kappa shape index (κ1) is 26.0. The van der Waals surface area contributed by atoms with E-state index in [2.05, 4.69) is 44.0 Å². The number of carbonyl (C=O) groups is 1. The molecule has 2 aromatic rings. The number of esters is 1. The third-order valence-corrected chi connectivity index (χ3v) is 7.41. The van der Waals surface area contributed by atoms with Crippen LogP contribution in [0.1, 0.15) is 33.6 Å². The molecule has 172 valence electrons. The van der Waals surface area contributed by atoms with E-state index in [1.165, 1.54) is 7.11 Å². The lowest BCUT2D eigenvalue weighted by Gasteiger charge is -2.27. The topological polar surface area (TPSA) is 80.7 Å². The van der Waals surface area contributed by atoms with E-state index >= 15 is 0 Å². The number of aryl methyl sites for hydroxylation is 3. The molecular weight excluding hydrogens is 551 g/mol. The van der Waals surface area contributed by atoms with E-state index in [1.807, 2.05) is 20.8 Å². The molecule has 0 fully saturated rings. The molecule has 0 saturated heterocycles. The van der Waals surface area contributed by atoms with Crippen LogP contribution in [0, 0.1) is 20.8 Å². The van der Waals surface area contributed by atoms with Crippen LogP contribution in [0.3, 0.4) is 0 Å². The van der Waals surface area contributed by atoms with Crippen molar-refractivity contribution in [2.45, 2.75) is 33.2 Å². The SMILES string of the molecule is COC(=O)c1c(NC(CO)CCS(C)(C)I)cc(C)nc1Oc1c(C)cc(Cl)cc1C. The van der Waals surface area contributed by atoms with Crippen molar-refractivity contribution in [1.82, 2.24) is 4.98 Å². The first-order chi connectivity index (χ1) is 14.4. The van der Waals surface area contributed by atoms with Crippen LogP contribution in [-0.4, -0.2) is 54.1 Å². The maximum atomic E-state index is 12.7. The highest BCUT2D eigenvalue weighted by molar-refractivity contribution is 14.2. The standard InChI is InChI=1S/C22H30ClIN2O4S/c1-13-9-16(23)10-14(2)20(13)30-21-19(22(28)29-4)18(11-15(3)25-21)26-17(12-27)7-8-31(5,6)24/h9-11,17,27H,7-8,12H2,1-6H3,(H,25,26). The van der Waals surface area contributed by atoms with Crippen molar-refractivity contribution in [2.75, 3.05) is 37.3 Å². The number of nitrogens with zero attached hydrogens (tertiary/aromatic N) is 1.